The molecule has 2 rings (SSSR count). The molecule has 2 aromatic heterocycles. The van der Waals surface area contributed by atoms with Gasteiger partial charge in [-0.3, -0.25) is 9.78 Å². The fourth-order valence-corrected chi connectivity index (χ4v) is 2.03. The highest BCUT2D eigenvalue weighted by molar-refractivity contribution is 5.96. The van der Waals surface area contributed by atoms with Crippen molar-refractivity contribution in [3.05, 3.63) is 54.1 Å². The number of rotatable bonds is 5. The maximum absolute atomic E-state index is 12.4. The summed E-state index contributed by atoms with van der Waals surface area (Å²) in [6.07, 6.45) is 6.87. The largest absolute Gasteiger partial charge is 0.458 e. The van der Waals surface area contributed by atoms with E-state index in [1.54, 1.807) is 63.8 Å². The van der Waals surface area contributed by atoms with Gasteiger partial charge >= 0.3 is 5.97 Å². The van der Waals surface area contributed by atoms with Crippen molar-refractivity contribution >= 4 is 11.9 Å². The van der Waals surface area contributed by atoms with Gasteiger partial charge in [-0.1, -0.05) is 0 Å². The lowest BCUT2D eigenvalue weighted by atomic mass is 10.1. The molecule has 6 heteroatoms. The third-order valence-electron chi connectivity index (χ3n) is 3.05. The summed E-state index contributed by atoms with van der Waals surface area (Å²) in [5, 5.41) is 2.74. The highest BCUT2D eigenvalue weighted by atomic mass is 16.6. The number of hydrogen-bond acceptors (Lipinski definition) is 4. The van der Waals surface area contributed by atoms with E-state index in [1.165, 1.54) is 0 Å². The Labute approximate surface area is 135 Å². The number of hydrogen-bond donors (Lipinski definition) is 2. The van der Waals surface area contributed by atoms with Gasteiger partial charge in [-0.2, -0.15) is 0 Å². The molecule has 0 fully saturated rings. The van der Waals surface area contributed by atoms with E-state index in [9.17, 15) is 9.59 Å². The summed E-state index contributed by atoms with van der Waals surface area (Å²) in [6.45, 7) is 5.38. The van der Waals surface area contributed by atoms with Crippen LogP contribution in [-0.4, -0.2) is 33.5 Å². The Morgan fingerprint density at radius 1 is 1.26 bits per heavy atom. The minimum absolute atomic E-state index is 0.323. The van der Waals surface area contributed by atoms with Gasteiger partial charge in [0.1, 0.15) is 11.6 Å². The van der Waals surface area contributed by atoms with Crippen molar-refractivity contribution in [2.24, 2.45) is 0 Å². The predicted octanol–water partition coefficient (Wildman–Crippen LogP) is 2.09. The maximum atomic E-state index is 12.4. The molecule has 6 nitrogen and oxygen atoms in total. The Bertz CT molecular complexity index is 645. The number of nitrogens with zero attached hydrogens (tertiary/aromatic N) is 1. The number of amides is 1. The number of aromatic amines is 1. The third-order valence-corrected chi connectivity index (χ3v) is 3.05. The minimum Gasteiger partial charge on any atom is -0.458 e. The van der Waals surface area contributed by atoms with Gasteiger partial charge in [-0.05, 0) is 44.5 Å². The van der Waals surface area contributed by atoms with Crippen LogP contribution < -0.4 is 5.32 Å². The highest BCUT2D eigenvalue weighted by Gasteiger charge is 2.27. The molecule has 2 aromatic rings. The summed E-state index contributed by atoms with van der Waals surface area (Å²) in [5.41, 5.74) is 0.741. The molecule has 1 amide bonds. The van der Waals surface area contributed by atoms with Crippen LogP contribution in [0.5, 0.6) is 0 Å². The molecule has 0 saturated carbocycles. The molecule has 0 saturated heterocycles. The Kier molecular flexibility index (Phi) is 5.16. The first-order valence-corrected chi connectivity index (χ1v) is 7.40. The van der Waals surface area contributed by atoms with Crippen LogP contribution in [0, 0.1) is 0 Å². The number of aromatic nitrogens is 2. The van der Waals surface area contributed by atoms with Gasteiger partial charge in [0.05, 0.1) is 5.56 Å². The van der Waals surface area contributed by atoms with Crippen LogP contribution in [0.15, 0.2) is 43.0 Å². The Morgan fingerprint density at radius 3 is 2.52 bits per heavy atom. The monoisotopic (exact) mass is 315 g/mol. The zero-order chi connectivity index (χ0) is 16.9. The molecule has 0 aliphatic heterocycles. The van der Waals surface area contributed by atoms with Crippen LogP contribution in [0.1, 0.15) is 36.7 Å². The average molecular weight is 315 g/mol. The van der Waals surface area contributed by atoms with E-state index in [4.69, 9.17) is 4.74 Å². The number of esters is 1. The van der Waals surface area contributed by atoms with E-state index >= 15 is 0 Å². The quantitative estimate of drug-likeness (QED) is 0.828. The van der Waals surface area contributed by atoms with E-state index in [2.05, 4.69) is 15.3 Å². The number of ether oxygens (including phenoxy) is 1. The second kappa shape index (κ2) is 7.09. The molecule has 1 atom stereocenters. The van der Waals surface area contributed by atoms with Crippen LogP contribution in [0.4, 0.5) is 0 Å². The summed E-state index contributed by atoms with van der Waals surface area (Å²) in [6, 6.07) is 4.49. The molecular formula is C17H21N3O3. The smallest absolute Gasteiger partial charge is 0.329 e. The number of carbonyl (C=O) groups is 2. The topological polar surface area (TPSA) is 84.1 Å². The summed E-state index contributed by atoms with van der Waals surface area (Å²) in [7, 11) is 0. The van der Waals surface area contributed by atoms with Gasteiger partial charge in [0.2, 0.25) is 0 Å². The van der Waals surface area contributed by atoms with Crippen LogP contribution in [-0.2, 0) is 16.0 Å². The minimum atomic E-state index is -0.765. The molecule has 0 bridgehead atoms. The molecule has 0 aliphatic rings. The van der Waals surface area contributed by atoms with Gasteiger partial charge in [0.15, 0.2) is 0 Å². The van der Waals surface area contributed by atoms with E-state index in [-0.39, 0.29) is 5.91 Å². The van der Waals surface area contributed by atoms with Crippen LogP contribution in [0.25, 0.3) is 0 Å². The standard InChI is InChI=1S/C17H21N3O3/c1-17(2,3)23-16(22)14(10-12-4-7-18-8-5-12)20-15(21)13-6-9-19-11-13/h4-9,11,14,19H,10H2,1-3H3,(H,20,21). The van der Waals surface area contributed by atoms with Gasteiger partial charge < -0.3 is 15.0 Å². The molecule has 0 radical (unpaired) electrons. The van der Waals surface area contributed by atoms with Crippen LogP contribution >= 0.6 is 0 Å². The average Bonchev–Trinajstić information content (AvgIpc) is 3.00. The first-order valence-electron chi connectivity index (χ1n) is 7.40. The van der Waals surface area contributed by atoms with E-state index < -0.39 is 17.6 Å². The molecule has 2 N–H and O–H groups in total. The molecule has 1 unspecified atom stereocenters. The van der Waals surface area contributed by atoms with Crippen molar-refractivity contribution in [1.82, 2.24) is 15.3 Å². The van der Waals surface area contributed by atoms with E-state index in [0.29, 0.717) is 12.0 Å². The Balaban J connectivity index is 2.13. The maximum Gasteiger partial charge on any atom is 0.329 e. The highest BCUT2D eigenvalue weighted by Crippen LogP contribution is 2.12. The molecule has 0 spiro atoms. The summed E-state index contributed by atoms with van der Waals surface area (Å²) >= 11 is 0. The molecule has 0 aliphatic carbocycles. The Morgan fingerprint density at radius 2 is 1.96 bits per heavy atom. The Hall–Kier alpha value is -2.63. The molecule has 2 heterocycles. The first-order chi connectivity index (χ1) is 10.8. The second-order valence-corrected chi connectivity index (χ2v) is 6.22. The van der Waals surface area contributed by atoms with Crippen molar-refractivity contribution in [2.75, 3.05) is 0 Å². The lowest BCUT2D eigenvalue weighted by Crippen LogP contribution is -2.45. The van der Waals surface area contributed by atoms with E-state index in [0.717, 1.165) is 5.56 Å². The molecule has 0 aromatic carbocycles. The zero-order valence-electron chi connectivity index (χ0n) is 13.5. The SMILES string of the molecule is CC(C)(C)OC(=O)C(Cc1ccncc1)NC(=O)c1cc[nH]c1. The normalized spacial score (nSPS) is 12.5. The van der Waals surface area contributed by atoms with Crippen molar-refractivity contribution in [2.45, 2.75) is 38.8 Å². The van der Waals surface area contributed by atoms with Crippen LogP contribution in [0.3, 0.4) is 0 Å². The molecular weight excluding hydrogens is 294 g/mol. The fraction of sp³-hybridized carbons (Fsp3) is 0.353. The molecule has 23 heavy (non-hydrogen) atoms. The van der Waals surface area contributed by atoms with Crippen molar-refractivity contribution < 1.29 is 14.3 Å². The van der Waals surface area contributed by atoms with Crippen LogP contribution in [0.2, 0.25) is 0 Å². The third kappa shape index (κ3) is 5.25. The number of H-pyrrole nitrogens is 1. The summed E-state index contributed by atoms with van der Waals surface area (Å²) in [5.74, 6) is -0.783. The van der Waals surface area contributed by atoms with E-state index in [1.807, 2.05) is 0 Å². The van der Waals surface area contributed by atoms with Crippen molar-refractivity contribution in [3.63, 3.8) is 0 Å². The van der Waals surface area contributed by atoms with Gasteiger partial charge in [0, 0.05) is 31.2 Å². The van der Waals surface area contributed by atoms with Crippen molar-refractivity contribution in [3.8, 4) is 0 Å². The van der Waals surface area contributed by atoms with Crippen molar-refractivity contribution in [1.29, 1.82) is 0 Å². The number of carbonyl (C=O) groups excluding carboxylic acids is 2. The van der Waals surface area contributed by atoms with Gasteiger partial charge in [0.25, 0.3) is 5.91 Å². The summed E-state index contributed by atoms with van der Waals surface area (Å²) < 4.78 is 5.41. The van der Waals surface area contributed by atoms with Gasteiger partial charge in [-0.25, -0.2) is 4.79 Å². The molecule has 122 valence electrons. The first kappa shape index (κ1) is 16.7. The van der Waals surface area contributed by atoms with Gasteiger partial charge in [-0.15, -0.1) is 0 Å². The second-order valence-electron chi connectivity index (χ2n) is 6.22. The fourth-order valence-electron chi connectivity index (χ4n) is 2.03. The predicted molar refractivity (Wildman–Crippen MR) is 85.8 cm³/mol. The lowest BCUT2D eigenvalue weighted by Gasteiger charge is -2.24. The summed E-state index contributed by atoms with van der Waals surface area (Å²) in [4.78, 5) is 31.4. The number of nitrogens with one attached hydrogen (secondary N) is 2. The number of pyridine rings is 1. The zero-order valence-corrected chi connectivity index (χ0v) is 13.5. The lowest BCUT2D eigenvalue weighted by molar-refractivity contribution is -0.157.